The van der Waals surface area contributed by atoms with Gasteiger partial charge in [0.2, 0.25) is 0 Å². The number of nitrogens with zero attached hydrogens (tertiary/aromatic N) is 1. The van der Waals surface area contributed by atoms with Gasteiger partial charge in [-0.15, -0.1) is 0 Å². The smallest absolute Gasteiger partial charge is 0.252 e. The molecular weight excluding hydrogens is 348 g/mol. The number of carbonyl (C=O) groups excluding carboxylic acids is 1. The molecule has 4 rings (SSSR count). The van der Waals surface area contributed by atoms with E-state index in [4.69, 9.17) is 16.0 Å². The van der Waals surface area contributed by atoms with Gasteiger partial charge in [-0.1, -0.05) is 41.9 Å². The van der Waals surface area contributed by atoms with Crippen LogP contribution in [0.4, 0.5) is 0 Å². The zero-order valence-electron chi connectivity index (χ0n) is 13.7. The van der Waals surface area contributed by atoms with Crippen LogP contribution in [0.3, 0.4) is 0 Å². The minimum atomic E-state index is -0.363. The van der Waals surface area contributed by atoms with Crippen LogP contribution in [0.25, 0.3) is 10.9 Å². The van der Waals surface area contributed by atoms with Crippen LogP contribution in [-0.4, -0.2) is 10.9 Å². The minimum absolute atomic E-state index is 0.188. The van der Waals surface area contributed by atoms with Crippen molar-refractivity contribution in [3.8, 4) is 0 Å². The Morgan fingerprint density at radius 3 is 2.62 bits per heavy atom. The van der Waals surface area contributed by atoms with Gasteiger partial charge in [-0.05, 0) is 48.0 Å². The number of carbonyl (C=O) groups is 1. The molecule has 1 N–H and O–H groups in total. The predicted octanol–water partition coefficient (Wildman–Crippen LogP) is 5.00. The van der Waals surface area contributed by atoms with Gasteiger partial charge in [-0.2, -0.15) is 0 Å². The Labute approximate surface area is 155 Å². The third kappa shape index (κ3) is 3.32. The monoisotopic (exact) mass is 362 g/mol. The Morgan fingerprint density at radius 2 is 1.85 bits per heavy atom. The molecule has 0 bridgehead atoms. The number of hydrogen-bond donors (Lipinski definition) is 1. The molecule has 5 heteroatoms. The average molecular weight is 363 g/mol. The van der Waals surface area contributed by atoms with E-state index in [1.165, 1.54) is 0 Å². The van der Waals surface area contributed by atoms with E-state index in [1.807, 2.05) is 48.5 Å². The highest BCUT2D eigenvalue weighted by atomic mass is 35.5. The van der Waals surface area contributed by atoms with Crippen molar-refractivity contribution in [1.82, 2.24) is 10.3 Å². The van der Waals surface area contributed by atoms with E-state index in [1.54, 1.807) is 30.5 Å². The molecule has 4 aromatic rings. The molecule has 26 heavy (non-hydrogen) atoms. The van der Waals surface area contributed by atoms with Crippen LogP contribution in [0.2, 0.25) is 5.15 Å². The Kier molecular flexibility index (Phi) is 4.42. The fourth-order valence-corrected chi connectivity index (χ4v) is 3.03. The summed E-state index contributed by atoms with van der Waals surface area (Å²) >= 11 is 5.91. The van der Waals surface area contributed by atoms with Crippen LogP contribution in [-0.2, 0) is 0 Å². The number of fused-ring (bicyclic) bond motifs is 1. The maximum atomic E-state index is 12.8. The van der Waals surface area contributed by atoms with Gasteiger partial charge in [-0.3, -0.25) is 4.79 Å². The molecule has 0 saturated carbocycles. The highest BCUT2D eigenvalue weighted by molar-refractivity contribution is 6.29. The first-order chi connectivity index (χ1) is 12.7. The molecule has 2 heterocycles. The second-order valence-electron chi connectivity index (χ2n) is 5.87. The first-order valence-corrected chi connectivity index (χ1v) is 8.54. The second-order valence-corrected chi connectivity index (χ2v) is 6.26. The summed E-state index contributed by atoms with van der Waals surface area (Å²) in [5.41, 5.74) is 2.25. The lowest BCUT2D eigenvalue weighted by molar-refractivity contribution is 0.0939. The Morgan fingerprint density at radius 1 is 1.00 bits per heavy atom. The number of pyridine rings is 1. The molecule has 0 aliphatic heterocycles. The van der Waals surface area contributed by atoms with Crippen molar-refractivity contribution in [2.45, 2.75) is 6.04 Å². The predicted molar refractivity (Wildman–Crippen MR) is 101 cm³/mol. The lowest BCUT2D eigenvalue weighted by atomic mass is 10.0. The van der Waals surface area contributed by atoms with Gasteiger partial charge in [0, 0.05) is 10.9 Å². The number of hydrogen-bond acceptors (Lipinski definition) is 3. The third-order valence-electron chi connectivity index (χ3n) is 4.15. The second kappa shape index (κ2) is 7.02. The number of nitrogens with one attached hydrogen (secondary N) is 1. The lowest BCUT2D eigenvalue weighted by Gasteiger charge is -2.17. The van der Waals surface area contributed by atoms with Gasteiger partial charge in [0.15, 0.2) is 0 Å². The number of amides is 1. The Bertz CT molecular complexity index is 1050. The summed E-state index contributed by atoms with van der Waals surface area (Å²) in [6, 6.07) is 21.9. The number of benzene rings is 2. The zero-order valence-corrected chi connectivity index (χ0v) is 14.5. The van der Waals surface area contributed by atoms with Gasteiger partial charge >= 0.3 is 0 Å². The van der Waals surface area contributed by atoms with Gasteiger partial charge in [0.1, 0.15) is 17.0 Å². The van der Waals surface area contributed by atoms with Crippen molar-refractivity contribution in [1.29, 1.82) is 0 Å². The highest BCUT2D eigenvalue weighted by Crippen LogP contribution is 2.23. The SMILES string of the molecule is O=C(NC(c1ccccc1)c1ccco1)c1ccc2nc(Cl)ccc2c1. The number of halogens is 1. The van der Waals surface area contributed by atoms with Crippen LogP contribution in [0.5, 0.6) is 0 Å². The van der Waals surface area contributed by atoms with Crippen LogP contribution in [0.15, 0.2) is 83.5 Å². The van der Waals surface area contributed by atoms with Gasteiger partial charge in [-0.25, -0.2) is 4.98 Å². The van der Waals surface area contributed by atoms with E-state index in [-0.39, 0.29) is 11.9 Å². The molecule has 1 amide bonds. The molecule has 0 aliphatic rings. The molecule has 1 unspecified atom stereocenters. The summed E-state index contributed by atoms with van der Waals surface area (Å²) in [7, 11) is 0. The van der Waals surface area contributed by atoms with Crippen LogP contribution in [0.1, 0.15) is 27.7 Å². The topological polar surface area (TPSA) is 55.1 Å². The molecule has 0 radical (unpaired) electrons. The fourth-order valence-electron chi connectivity index (χ4n) is 2.88. The number of rotatable bonds is 4. The standard InChI is InChI=1S/C21H15ClN2O2/c22-19-11-9-15-13-16(8-10-17(15)23-19)21(25)24-20(18-7-4-12-26-18)14-5-2-1-3-6-14/h1-13,20H,(H,24,25). The highest BCUT2D eigenvalue weighted by Gasteiger charge is 2.20. The summed E-state index contributed by atoms with van der Waals surface area (Å²) in [6.45, 7) is 0. The van der Waals surface area contributed by atoms with Crippen LogP contribution in [0, 0.1) is 0 Å². The zero-order chi connectivity index (χ0) is 17.9. The molecule has 2 aromatic carbocycles. The summed E-state index contributed by atoms with van der Waals surface area (Å²) in [4.78, 5) is 17.1. The van der Waals surface area contributed by atoms with Crippen molar-refractivity contribution in [3.05, 3.63) is 101 Å². The van der Waals surface area contributed by atoms with Crippen molar-refractivity contribution < 1.29 is 9.21 Å². The maximum absolute atomic E-state index is 12.8. The van der Waals surface area contributed by atoms with Crippen molar-refractivity contribution in [2.75, 3.05) is 0 Å². The first kappa shape index (κ1) is 16.4. The lowest BCUT2D eigenvalue weighted by Crippen LogP contribution is -2.29. The van der Waals surface area contributed by atoms with E-state index in [2.05, 4.69) is 10.3 Å². The van der Waals surface area contributed by atoms with E-state index in [0.717, 1.165) is 16.5 Å². The molecule has 4 nitrogen and oxygen atoms in total. The molecule has 2 aromatic heterocycles. The minimum Gasteiger partial charge on any atom is -0.467 e. The largest absolute Gasteiger partial charge is 0.467 e. The third-order valence-corrected chi connectivity index (χ3v) is 4.36. The maximum Gasteiger partial charge on any atom is 0.252 e. The molecule has 0 saturated heterocycles. The van der Waals surface area contributed by atoms with Crippen molar-refractivity contribution in [2.24, 2.45) is 0 Å². The first-order valence-electron chi connectivity index (χ1n) is 8.16. The summed E-state index contributed by atoms with van der Waals surface area (Å²) in [5, 5.41) is 4.33. The van der Waals surface area contributed by atoms with Crippen molar-refractivity contribution >= 4 is 28.4 Å². The summed E-state index contributed by atoms with van der Waals surface area (Å²) in [6.07, 6.45) is 1.60. The van der Waals surface area contributed by atoms with E-state index in [0.29, 0.717) is 16.5 Å². The van der Waals surface area contributed by atoms with Gasteiger partial charge in [0.25, 0.3) is 5.91 Å². The molecular formula is C21H15ClN2O2. The summed E-state index contributed by atoms with van der Waals surface area (Å²) in [5.74, 6) is 0.492. The average Bonchev–Trinajstić information content (AvgIpc) is 3.20. The molecule has 0 spiro atoms. The van der Waals surface area contributed by atoms with E-state index < -0.39 is 0 Å². The Balaban J connectivity index is 1.65. The van der Waals surface area contributed by atoms with Crippen LogP contribution < -0.4 is 5.32 Å². The fraction of sp³-hybridized carbons (Fsp3) is 0.0476. The van der Waals surface area contributed by atoms with E-state index in [9.17, 15) is 4.79 Å². The van der Waals surface area contributed by atoms with E-state index >= 15 is 0 Å². The molecule has 0 aliphatic carbocycles. The van der Waals surface area contributed by atoms with Crippen molar-refractivity contribution in [3.63, 3.8) is 0 Å². The number of aromatic nitrogens is 1. The summed E-state index contributed by atoms with van der Waals surface area (Å²) < 4.78 is 5.53. The normalized spacial score (nSPS) is 12.0. The number of furan rings is 1. The molecule has 0 fully saturated rings. The molecule has 128 valence electrons. The molecule has 1 atom stereocenters. The van der Waals surface area contributed by atoms with Gasteiger partial charge in [0.05, 0.1) is 11.8 Å². The Hall–Kier alpha value is -3.11. The van der Waals surface area contributed by atoms with Crippen LogP contribution >= 0.6 is 11.6 Å². The quantitative estimate of drug-likeness (QED) is 0.520. The van der Waals surface area contributed by atoms with Gasteiger partial charge < -0.3 is 9.73 Å².